The molecule has 0 amide bonds. The van der Waals surface area contributed by atoms with Crippen molar-refractivity contribution in [3.05, 3.63) is 69.2 Å². The Hall–Kier alpha value is -1.12. The second-order valence-electron chi connectivity index (χ2n) is 5.68. The lowest BCUT2D eigenvalue weighted by Crippen LogP contribution is -2.14. The Morgan fingerprint density at radius 2 is 1.80 bits per heavy atom. The smallest absolute Gasteiger partial charge is 0.0335 e. The fourth-order valence-electron chi connectivity index (χ4n) is 3.02. The lowest BCUT2D eigenvalue weighted by Gasteiger charge is -2.19. The number of hydrogen-bond donors (Lipinski definition) is 1. The van der Waals surface area contributed by atoms with Crippen LogP contribution in [0.5, 0.6) is 0 Å². The maximum Gasteiger partial charge on any atom is 0.0335 e. The Morgan fingerprint density at radius 1 is 1.00 bits per heavy atom. The number of aryl methyl sites for hydroxylation is 2. The molecule has 0 fully saturated rings. The summed E-state index contributed by atoms with van der Waals surface area (Å²) in [6, 6.07) is 15.3. The van der Waals surface area contributed by atoms with E-state index in [9.17, 15) is 0 Å². The fraction of sp³-hybridized carbons (Fsp3) is 0.333. The molecule has 2 heteroatoms. The molecule has 2 aromatic rings. The zero-order valence-electron chi connectivity index (χ0n) is 11.6. The highest BCUT2D eigenvalue weighted by molar-refractivity contribution is 9.10. The minimum atomic E-state index is 0.0801. The minimum Gasteiger partial charge on any atom is -0.324 e. The Kier molecular flexibility index (Phi) is 4.23. The Bertz CT molecular complexity index is 606. The van der Waals surface area contributed by atoms with Gasteiger partial charge in [-0.2, -0.15) is 0 Å². The number of fused-ring (bicyclic) bond motifs is 1. The van der Waals surface area contributed by atoms with Gasteiger partial charge in [0.2, 0.25) is 0 Å². The van der Waals surface area contributed by atoms with Gasteiger partial charge in [0.1, 0.15) is 0 Å². The molecule has 1 aliphatic rings. The van der Waals surface area contributed by atoms with Crippen LogP contribution in [0.2, 0.25) is 0 Å². The summed E-state index contributed by atoms with van der Waals surface area (Å²) in [6.07, 6.45) is 5.98. The highest BCUT2D eigenvalue weighted by Crippen LogP contribution is 2.26. The van der Waals surface area contributed by atoms with Crippen LogP contribution in [0, 0.1) is 0 Å². The predicted octanol–water partition coefficient (Wildman–Crippen LogP) is 4.57. The molecule has 1 atom stereocenters. The number of benzene rings is 2. The van der Waals surface area contributed by atoms with Crippen LogP contribution in [0.15, 0.2) is 46.9 Å². The van der Waals surface area contributed by atoms with Gasteiger partial charge < -0.3 is 5.73 Å². The predicted molar refractivity (Wildman–Crippen MR) is 87.9 cm³/mol. The molecule has 0 bridgehead atoms. The first-order chi connectivity index (χ1) is 9.72. The van der Waals surface area contributed by atoms with E-state index in [1.807, 2.05) is 6.07 Å². The highest BCUT2D eigenvalue weighted by atomic mass is 79.9. The first-order valence-electron chi connectivity index (χ1n) is 7.34. The van der Waals surface area contributed by atoms with Crippen molar-refractivity contribution in [2.45, 2.75) is 38.1 Å². The topological polar surface area (TPSA) is 26.0 Å². The van der Waals surface area contributed by atoms with Crippen molar-refractivity contribution in [3.8, 4) is 0 Å². The van der Waals surface area contributed by atoms with Crippen molar-refractivity contribution in [1.29, 1.82) is 0 Å². The third-order valence-corrected chi connectivity index (χ3v) is 4.64. The third-order valence-electron chi connectivity index (χ3n) is 4.15. The molecule has 0 heterocycles. The van der Waals surface area contributed by atoms with Crippen molar-refractivity contribution < 1.29 is 0 Å². The van der Waals surface area contributed by atoms with Crippen molar-refractivity contribution in [3.63, 3.8) is 0 Å². The van der Waals surface area contributed by atoms with E-state index < -0.39 is 0 Å². The van der Waals surface area contributed by atoms with Crippen molar-refractivity contribution in [2.75, 3.05) is 0 Å². The van der Waals surface area contributed by atoms with E-state index >= 15 is 0 Å². The van der Waals surface area contributed by atoms with Crippen LogP contribution in [0.25, 0.3) is 0 Å². The first-order valence-corrected chi connectivity index (χ1v) is 8.13. The second kappa shape index (κ2) is 6.11. The Morgan fingerprint density at radius 3 is 2.60 bits per heavy atom. The molecule has 0 spiro atoms. The second-order valence-corrected chi connectivity index (χ2v) is 6.59. The van der Waals surface area contributed by atoms with E-state index in [0.29, 0.717) is 0 Å². The molecular formula is C18H20BrN. The quantitative estimate of drug-likeness (QED) is 0.876. The summed E-state index contributed by atoms with van der Waals surface area (Å²) in [5, 5.41) is 0. The summed E-state index contributed by atoms with van der Waals surface area (Å²) < 4.78 is 1.12. The summed E-state index contributed by atoms with van der Waals surface area (Å²) in [4.78, 5) is 0. The molecule has 20 heavy (non-hydrogen) atoms. The van der Waals surface area contributed by atoms with E-state index in [-0.39, 0.29) is 6.04 Å². The van der Waals surface area contributed by atoms with Gasteiger partial charge in [-0.25, -0.2) is 0 Å². The van der Waals surface area contributed by atoms with E-state index in [2.05, 4.69) is 52.3 Å². The van der Waals surface area contributed by atoms with Crippen molar-refractivity contribution >= 4 is 15.9 Å². The molecular weight excluding hydrogens is 310 g/mol. The van der Waals surface area contributed by atoms with Crippen LogP contribution in [-0.2, 0) is 19.3 Å². The van der Waals surface area contributed by atoms with Crippen LogP contribution < -0.4 is 5.73 Å². The molecule has 104 valence electrons. The van der Waals surface area contributed by atoms with Crippen LogP contribution >= 0.6 is 15.9 Å². The molecule has 1 nitrogen and oxygen atoms in total. The standard InChI is InChI=1S/C18H20BrN/c19-17-7-3-4-13(10-17)11-18(20)16-9-8-14-5-1-2-6-15(14)12-16/h3-4,7-10,12,18H,1-2,5-6,11,20H2. The van der Waals surface area contributed by atoms with Crippen LogP contribution in [-0.4, -0.2) is 0 Å². The number of hydrogen-bond acceptors (Lipinski definition) is 1. The lowest BCUT2D eigenvalue weighted by molar-refractivity contribution is 0.675. The molecule has 0 radical (unpaired) electrons. The van der Waals surface area contributed by atoms with Crippen LogP contribution in [0.1, 0.15) is 41.1 Å². The lowest BCUT2D eigenvalue weighted by atomic mass is 9.88. The number of nitrogens with two attached hydrogens (primary N) is 1. The van der Waals surface area contributed by atoms with Gasteiger partial charge in [0.25, 0.3) is 0 Å². The van der Waals surface area contributed by atoms with E-state index in [1.165, 1.54) is 47.9 Å². The van der Waals surface area contributed by atoms with Crippen molar-refractivity contribution in [1.82, 2.24) is 0 Å². The van der Waals surface area contributed by atoms with Gasteiger partial charge in [-0.05, 0) is 66.5 Å². The molecule has 0 saturated heterocycles. The van der Waals surface area contributed by atoms with E-state index in [0.717, 1.165) is 10.9 Å². The summed E-state index contributed by atoms with van der Waals surface area (Å²) in [6.45, 7) is 0. The van der Waals surface area contributed by atoms with Crippen molar-refractivity contribution in [2.24, 2.45) is 5.73 Å². The molecule has 2 N–H and O–H groups in total. The Labute approximate surface area is 129 Å². The van der Waals surface area contributed by atoms with Gasteiger partial charge in [-0.1, -0.05) is 46.3 Å². The zero-order valence-corrected chi connectivity index (χ0v) is 13.2. The van der Waals surface area contributed by atoms with E-state index in [1.54, 1.807) is 0 Å². The van der Waals surface area contributed by atoms with Gasteiger partial charge in [0.05, 0.1) is 0 Å². The zero-order chi connectivity index (χ0) is 13.9. The normalized spacial score (nSPS) is 15.7. The average molecular weight is 330 g/mol. The third kappa shape index (κ3) is 3.13. The number of rotatable bonds is 3. The molecule has 3 rings (SSSR count). The van der Waals surface area contributed by atoms with Crippen LogP contribution in [0.4, 0.5) is 0 Å². The molecule has 0 aliphatic heterocycles. The molecule has 1 unspecified atom stereocenters. The van der Waals surface area contributed by atoms with Gasteiger partial charge in [0, 0.05) is 10.5 Å². The summed E-state index contributed by atoms with van der Waals surface area (Å²) in [5.74, 6) is 0. The van der Waals surface area contributed by atoms with Gasteiger partial charge in [-0.3, -0.25) is 0 Å². The fourth-order valence-corrected chi connectivity index (χ4v) is 3.47. The average Bonchev–Trinajstić information content (AvgIpc) is 2.47. The minimum absolute atomic E-state index is 0.0801. The van der Waals surface area contributed by atoms with Crippen LogP contribution in [0.3, 0.4) is 0 Å². The largest absolute Gasteiger partial charge is 0.324 e. The summed E-state index contributed by atoms with van der Waals surface area (Å²) in [7, 11) is 0. The van der Waals surface area contributed by atoms with Gasteiger partial charge in [-0.15, -0.1) is 0 Å². The SMILES string of the molecule is NC(Cc1cccc(Br)c1)c1ccc2c(c1)CCCC2. The molecule has 1 aliphatic carbocycles. The molecule has 2 aromatic carbocycles. The maximum absolute atomic E-state index is 6.39. The maximum atomic E-state index is 6.39. The summed E-state index contributed by atoms with van der Waals surface area (Å²) in [5.41, 5.74) is 12.0. The van der Waals surface area contributed by atoms with Gasteiger partial charge in [0.15, 0.2) is 0 Å². The Balaban J connectivity index is 1.78. The van der Waals surface area contributed by atoms with E-state index in [4.69, 9.17) is 5.73 Å². The molecule has 0 saturated carbocycles. The monoisotopic (exact) mass is 329 g/mol. The number of halogens is 1. The summed E-state index contributed by atoms with van der Waals surface area (Å²) >= 11 is 3.52. The highest BCUT2D eigenvalue weighted by Gasteiger charge is 2.13. The van der Waals surface area contributed by atoms with Gasteiger partial charge >= 0.3 is 0 Å². The first kappa shape index (κ1) is 13.8. The molecule has 0 aromatic heterocycles.